The summed E-state index contributed by atoms with van der Waals surface area (Å²) in [5.41, 5.74) is -2.78. The molecule has 4 fully saturated rings. The van der Waals surface area contributed by atoms with Crippen LogP contribution in [-0.2, 0) is 9.59 Å². The lowest BCUT2D eigenvalue weighted by molar-refractivity contribution is -0.201. The molecular formula is C21H32O6. The molecule has 0 aromatic rings. The van der Waals surface area contributed by atoms with E-state index in [1.807, 2.05) is 6.92 Å². The van der Waals surface area contributed by atoms with Crippen LogP contribution in [0.2, 0.25) is 0 Å². The lowest BCUT2D eigenvalue weighted by Gasteiger charge is -2.60. The molecule has 4 rings (SSSR count). The van der Waals surface area contributed by atoms with E-state index >= 15 is 0 Å². The van der Waals surface area contributed by atoms with E-state index in [0.717, 1.165) is 32.1 Å². The first-order valence-corrected chi connectivity index (χ1v) is 10.4. The van der Waals surface area contributed by atoms with E-state index in [1.54, 1.807) is 0 Å². The van der Waals surface area contributed by atoms with E-state index in [0.29, 0.717) is 12.3 Å². The van der Waals surface area contributed by atoms with Crippen molar-refractivity contribution in [1.82, 2.24) is 0 Å². The number of carboxylic acids is 1. The SMILES string of the molecule is C[C@]12CC[C@@H](O)C[C@H]1CC[C@H]1[C@H]3CC[C@](O)([C@H](O)C(=O)O)[C@@]3(C)CC(=O)[C@@H]12. The molecule has 0 saturated heterocycles. The lowest BCUT2D eigenvalue weighted by atomic mass is 9.44. The van der Waals surface area contributed by atoms with E-state index in [9.17, 15) is 30.0 Å². The number of aliphatic carboxylic acids is 1. The maximum absolute atomic E-state index is 13.4. The van der Waals surface area contributed by atoms with Gasteiger partial charge in [-0.1, -0.05) is 13.8 Å². The standard InChI is InChI=1S/C21H32O6/c1-19-7-5-12(22)9-11(19)3-4-13-14-6-8-21(27,17(24)18(25)26)20(14,2)10-15(23)16(13)19/h11-14,16-17,22,24,27H,3-10H2,1-2H3,(H,25,26)/t11-,12-,13+,14-,16-,17-,19+,20+,21+/m1/s1. The van der Waals surface area contributed by atoms with Crippen LogP contribution in [0.4, 0.5) is 0 Å². The number of hydrogen-bond donors (Lipinski definition) is 4. The Kier molecular flexibility index (Phi) is 4.30. The van der Waals surface area contributed by atoms with Crippen molar-refractivity contribution in [1.29, 1.82) is 0 Å². The fraction of sp³-hybridized carbons (Fsp3) is 0.905. The first-order chi connectivity index (χ1) is 12.5. The zero-order valence-corrected chi connectivity index (χ0v) is 16.2. The highest BCUT2D eigenvalue weighted by atomic mass is 16.4. The number of hydrogen-bond acceptors (Lipinski definition) is 5. The topological polar surface area (TPSA) is 115 Å². The zero-order valence-electron chi connectivity index (χ0n) is 16.2. The van der Waals surface area contributed by atoms with Gasteiger partial charge < -0.3 is 20.4 Å². The summed E-state index contributed by atoms with van der Waals surface area (Å²) >= 11 is 0. The molecule has 6 nitrogen and oxygen atoms in total. The average Bonchev–Trinajstić information content (AvgIpc) is 2.86. The number of ketones is 1. The van der Waals surface area contributed by atoms with E-state index in [-0.39, 0.29) is 47.9 Å². The first-order valence-electron chi connectivity index (χ1n) is 10.4. The average molecular weight is 380 g/mol. The number of aliphatic hydroxyl groups excluding tert-OH is 2. The zero-order chi connectivity index (χ0) is 19.8. The van der Waals surface area contributed by atoms with Gasteiger partial charge in [0, 0.05) is 17.8 Å². The number of fused-ring (bicyclic) bond motifs is 5. The Morgan fingerprint density at radius 1 is 1.15 bits per heavy atom. The van der Waals surface area contributed by atoms with Gasteiger partial charge in [0.2, 0.25) is 0 Å². The first kappa shape index (κ1) is 19.3. The van der Waals surface area contributed by atoms with Gasteiger partial charge in [-0.2, -0.15) is 0 Å². The summed E-state index contributed by atoms with van der Waals surface area (Å²) in [7, 11) is 0. The Bertz CT molecular complexity index is 663. The van der Waals surface area contributed by atoms with E-state index < -0.39 is 23.1 Å². The van der Waals surface area contributed by atoms with Crippen molar-refractivity contribution >= 4 is 11.8 Å². The molecule has 4 aliphatic rings. The minimum absolute atomic E-state index is 0.0452. The summed E-state index contributed by atoms with van der Waals surface area (Å²) in [6, 6.07) is 0. The van der Waals surface area contributed by atoms with Crippen molar-refractivity contribution in [3.05, 3.63) is 0 Å². The van der Waals surface area contributed by atoms with Crippen molar-refractivity contribution in [3.63, 3.8) is 0 Å². The third-order valence-corrected chi connectivity index (χ3v) is 9.23. The second-order valence-corrected chi connectivity index (χ2v) is 10.2. The molecule has 0 aromatic heterocycles. The highest BCUT2D eigenvalue weighted by molar-refractivity contribution is 5.85. The van der Waals surface area contributed by atoms with Gasteiger partial charge in [-0.05, 0) is 68.1 Å². The monoisotopic (exact) mass is 380 g/mol. The summed E-state index contributed by atoms with van der Waals surface area (Å²) in [6.45, 7) is 4.01. The van der Waals surface area contributed by atoms with Crippen LogP contribution in [0.15, 0.2) is 0 Å². The number of carbonyl (C=O) groups is 2. The van der Waals surface area contributed by atoms with Crippen LogP contribution >= 0.6 is 0 Å². The number of aliphatic hydroxyl groups is 3. The number of Topliss-reactive ketones (excluding diaryl/α,β-unsaturated/α-hetero) is 1. The largest absolute Gasteiger partial charge is 0.479 e. The van der Waals surface area contributed by atoms with Crippen LogP contribution < -0.4 is 0 Å². The fourth-order valence-corrected chi connectivity index (χ4v) is 7.74. The van der Waals surface area contributed by atoms with E-state index in [2.05, 4.69) is 6.92 Å². The number of rotatable bonds is 2. The minimum Gasteiger partial charge on any atom is -0.479 e. The molecule has 9 atom stereocenters. The summed E-state index contributed by atoms with van der Waals surface area (Å²) in [6.07, 6.45) is 3.04. The summed E-state index contributed by atoms with van der Waals surface area (Å²) in [5.74, 6) is -0.871. The predicted molar refractivity (Wildman–Crippen MR) is 96.7 cm³/mol. The van der Waals surface area contributed by atoms with Gasteiger partial charge in [0.05, 0.1) is 6.10 Å². The van der Waals surface area contributed by atoms with E-state index in [4.69, 9.17) is 0 Å². The smallest absolute Gasteiger partial charge is 0.335 e. The summed E-state index contributed by atoms with van der Waals surface area (Å²) in [4.78, 5) is 24.8. The molecule has 0 radical (unpaired) electrons. The second kappa shape index (κ2) is 6.01. The van der Waals surface area contributed by atoms with Gasteiger partial charge in [0.15, 0.2) is 6.10 Å². The van der Waals surface area contributed by atoms with Crippen LogP contribution in [-0.4, -0.2) is 50.0 Å². The molecule has 0 bridgehead atoms. The Hall–Kier alpha value is -0.980. The highest BCUT2D eigenvalue weighted by Crippen LogP contribution is 2.67. The molecule has 152 valence electrons. The third-order valence-electron chi connectivity index (χ3n) is 9.23. The molecule has 6 heteroatoms. The van der Waals surface area contributed by atoms with Crippen molar-refractivity contribution in [2.24, 2.45) is 34.5 Å². The van der Waals surface area contributed by atoms with Gasteiger partial charge in [-0.15, -0.1) is 0 Å². The minimum atomic E-state index is -1.87. The van der Waals surface area contributed by atoms with Crippen LogP contribution in [0.3, 0.4) is 0 Å². The Labute approximate surface area is 160 Å². The van der Waals surface area contributed by atoms with Gasteiger partial charge >= 0.3 is 5.97 Å². The van der Waals surface area contributed by atoms with Crippen molar-refractivity contribution in [3.8, 4) is 0 Å². The molecule has 0 unspecified atom stereocenters. The molecule has 0 aromatic carbocycles. The Balaban J connectivity index is 1.70. The van der Waals surface area contributed by atoms with Crippen LogP contribution in [0.5, 0.6) is 0 Å². The van der Waals surface area contributed by atoms with Gasteiger partial charge in [0.1, 0.15) is 11.4 Å². The molecule has 27 heavy (non-hydrogen) atoms. The molecule has 4 aliphatic carbocycles. The van der Waals surface area contributed by atoms with Crippen LogP contribution in [0.25, 0.3) is 0 Å². The van der Waals surface area contributed by atoms with Crippen LogP contribution in [0, 0.1) is 34.5 Å². The molecule has 0 heterocycles. The fourth-order valence-electron chi connectivity index (χ4n) is 7.74. The number of carboxylic acid groups (broad SMARTS) is 1. The molecule has 4 saturated carbocycles. The maximum atomic E-state index is 13.4. The predicted octanol–water partition coefficient (Wildman–Crippen LogP) is 1.75. The third kappa shape index (κ3) is 2.42. The Morgan fingerprint density at radius 3 is 2.52 bits per heavy atom. The van der Waals surface area contributed by atoms with Gasteiger partial charge in [-0.3, -0.25) is 4.79 Å². The lowest BCUT2D eigenvalue weighted by Crippen LogP contribution is -2.63. The molecule has 0 spiro atoms. The maximum Gasteiger partial charge on any atom is 0.335 e. The van der Waals surface area contributed by atoms with Crippen LogP contribution in [0.1, 0.15) is 65.2 Å². The molecule has 0 aliphatic heterocycles. The highest BCUT2D eigenvalue weighted by Gasteiger charge is 2.69. The Morgan fingerprint density at radius 2 is 1.85 bits per heavy atom. The molecule has 4 N–H and O–H groups in total. The van der Waals surface area contributed by atoms with Gasteiger partial charge in [-0.25, -0.2) is 4.79 Å². The number of carbonyl (C=O) groups excluding carboxylic acids is 1. The van der Waals surface area contributed by atoms with Crippen molar-refractivity contribution < 1.29 is 30.0 Å². The summed E-state index contributed by atoms with van der Waals surface area (Å²) < 4.78 is 0. The van der Waals surface area contributed by atoms with E-state index in [1.165, 1.54) is 0 Å². The molecule has 0 amide bonds. The van der Waals surface area contributed by atoms with Crippen molar-refractivity contribution in [2.75, 3.05) is 0 Å². The molecular weight excluding hydrogens is 348 g/mol. The summed E-state index contributed by atoms with van der Waals surface area (Å²) in [5, 5.41) is 40.9. The van der Waals surface area contributed by atoms with Gasteiger partial charge in [0.25, 0.3) is 0 Å². The van der Waals surface area contributed by atoms with Crippen molar-refractivity contribution in [2.45, 2.75) is 83.0 Å². The quantitative estimate of drug-likeness (QED) is 0.580. The second-order valence-electron chi connectivity index (χ2n) is 10.2. The normalized spacial score (nSPS) is 53.2.